The molecule has 3 N–H and O–H groups in total. The molecule has 1 aromatic carbocycles. The molecule has 4 heteroatoms. The van der Waals surface area contributed by atoms with Crippen LogP contribution in [0, 0.1) is 5.92 Å². The van der Waals surface area contributed by atoms with Crippen molar-refractivity contribution in [3.05, 3.63) is 29.3 Å². The van der Waals surface area contributed by atoms with Gasteiger partial charge in [-0.25, -0.2) is 0 Å². The topological polar surface area (TPSA) is 58.4 Å². The van der Waals surface area contributed by atoms with Crippen LogP contribution in [0.1, 0.15) is 24.5 Å². The Kier molecular flexibility index (Phi) is 4.56. The van der Waals surface area contributed by atoms with Crippen molar-refractivity contribution in [1.82, 2.24) is 4.90 Å². The van der Waals surface area contributed by atoms with Crippen LogP contribution in [0.5, 0.6) is 0 Å². The van der Waals surface area contributed by atoms with E-state index in [9.17, 15) is 4.79 Å². The summed E-state index contributed by atoms with van der Waals surface area (Å²) in [5, 5.41) is 2.86. The smallest absolute Gasteiger partial charge is 0.228 e. The van der Waals surface area contributed by atoms with E-state index < -0.39 is 0 Å². The third-order valence-electron chi connectivity index (χ3n) is 3.65. The molecule has 0 saturated carbocycles. The van der Waals surface area contributed by atoms with E-state index in [1.54, 1.807) is 0 Å². The SMILES string of the molecule is CC(CN)CCN(C)Cc1ccc2c(c1)CC(=O)N2. The van der Waals surface area contributed by atoms with Gasteiger partial charge in [0.1, 0.15) is 0 Å². The normalized spacial score (nSPS) is 15.5. The molecule has 1 aromatic rings. The summed E-state index contributed by atoms with van der Waals surface area (Å²) in [6, 6.07) is 6.23. The molecule has 1 aliphatic rings. The number of rotatable bonds is 6. The van der Waals surface area contributed by atoms with Crippen LogP contribution >= 0.6 is 0 Å². The van der Waals surface area contributed by atoms with E-state index in [-0.39, 0.29) is 5.91 Å². The molecular weight excluding hydrogens is 238 g/mol. The molecule has 0 bridgehead atoms. The molecule has 0 aliphatic carbocycles. The average molecular weight is 261 g/mol. The maximum absolute atomic E-state index is 11.3. The summed E-state index contributed by atoms with van der Waals surface area (Å²) in [7, 11) is 2.12. The van der Waals surface area contributed by atoms with E-state index in [0.29, 0.717) is 12.3 Å². The highest BCUT2D eigenvalue weighted by molar-refractivity contribution is 5.99. The molecule has 0 fully saturated rings. The molecule has 1 amide bonds. The van der Waals surface area contributed by atoms with Gasteiger partial charge in [-0.05, 0) is 49.7 Å². The van der Waals surface area contributed by atoms with Crippen molar-refractivity contribution in [2.75, 3.05) is 25.5 Å². The molecule has 0 radical (unpaired) electrons. The van der Waals surface area contributed by atoms with Crippen molar-refractivity contribution in [1.29, 1.82) is 0 Å². The quantitative estimate of drug-likeness (QED) is 0.817. The first kappa shape index (κ1) is 14.0. The largest absolute Gasteiger partial charge is 0.330 e. The van der Waals surface area contributed by atoms with Gasteiger partial charge in [-0.2, -0.15) is 0 Å². The van der Waals surface area contributed by atoms with Gasteiger partial charge >= 0.3 is 0 Å². The fourth-order valence-corrected chi connectivity index (χ4v) is 2.33. The van der Waals surface area contributed by atoms with Gasteiger partial charge in [0.05, 0.1) is 6.42 Å². The van der Waals surface area contributed by atoms with Crippen molar-refractivity contribution in [3.8, 4) is 0 Å². The van der Waals surface area contributed by atoms with E-state index in [1.807, 2.05) is 6.07 Å². The van der Waals surface area contributed by atoms with Crippen LogP contribution in [0.15, 0.2) is 18.2 Å². The van der Waals surface area contributed by atoms with Crippen LogP contribution in [0.25, 0.3) is 0 Å². The second kappa shape index (κ2) is 6.17. The summed E-state index contributed by atoms with van der Waals surface area (Å²) in [5.41, 5.74) is 8.97. The van der Waals surface area contributed by atoms with Gasteiger partial charge in [-0.15, -0.1) is 0 Å². The summed E-state index contributed by atoms with van der Waals surface area (Å²) in [5.74, 6) is 0.668. The number of nitrogens with one attached hydrogen (secondary N) is 1. The molecule has 1 aliphatic heterocycles. The van der Waals surface area contributed by atoms with E-state index in [0.717, 1.165) is 37.3 Å². The fraction of sp³-hybridized carbons (Fsp3) is 0.533. The Morgan fingerprint density at radius 3 is 3.00 bits per heavy atom. The summed E-state index contributed by atoms with van der Waals surface area (Å²) in [6.07, 6.45) is 1.63. The van der Waals surface area contributed by atoms with Crippen molar-refractivity contribution >= 4 is 11.6 Å². The molecular formula is C15H23N3O. The van der Waals surface area contributed by atoms with Crippen LogP contribution in [-0.4, -0.2) is 30.9 Å². The first-order valence-corrected chi connectivity index (χ1v) is 6.88. The number of fused-ring (bicyclic) bond motifs is 1. The van der Waals surface area contributed by atoms with Gasteiger partial charge in [0.2, 0.25) is 5.91 Å². The van der Waals surface area contributed by atoms with Gasteiger partial charge in [-0.1, -0.05) is 19.1 Å². The average Bonchev–Trinajstić information content (AvgIpc) is 2.75. The highest BCUT2D eigenvalue weighted by Crippen LogP contribution is 2.24. The predicted octanol–water partition coefficient (Wildman–Crippen LogP) is 1.60. The molecule has 0 aromatic heterocycles. The number of amides is 1. The number of hydrogen-bond acceptors (Lipinski definition) is 3. The van der Waals surface area contributed by atoms with Gasteiger partial charge in [0.15, 0.2) is 0 Å². The Hall–Kier alpha value is -1.39. The third kappa shape index (κ3) is 3.78. The fourth-order valence-electron chi connectivity index (χ4n) is 2.33. The standard InChI is InChI=1S/C15H23N3O/c1-11(9-16)5-6-18(2)10-12-3-4-14-13(7-12)8-15(19)17-14/h3-4,7,11H,5-6,8-10,16H2,1-2H3,(H,17,19). The van der Waals surface area contributed by atoms with Crippen LogP contribution in [0.4, 0.5) is 5.69 Å². The van der Waals surface area contributed by atoms with Crippen LogP contribution in [0.2, 0.25) is 0 Å². The van der Waals surface area contributed by atoms with Crippen LogP contribution in [0.3, 0.4) is 0 Å². The van der Waals surface area contributed by atoms with Crippen molar-refractivity contribution < 1.29 is 4.79 Å². The van der Waals surface area contributed by atoms with Crippen molar-refractivity contribution in [2.24, 2.45) is 11.7 Å². The van der Waals surface area contributed by atoms with Gasteiger partial charge in [0, 0.05) is 12.2 Å². The molecule has 0 saturated heterocycles. The lowest BCUT2D eigenvalue weighted by atomic mass is 10.1. The number of benzene rings is 1. The minimum atomic E-state index is 0.0947. The highest BCUT2D eigenvalue weighted by Gasteiger charge is 2.17. The second-order valence-electron chi connectivity index (χ2n) is 5.58. The molecule has 19 heavy (non-hydrogen) atoms. The second-order valence-corrected chi connectivity index (χ2v) is 5.58. The van der Waals surface area contributed by atoms with Gasteiger partial charge < -0.3 is 16.0 Å². The lowest BCUT2D eigenvalue weighted by molar-refractivity contribution is -0.115. The number of carbonyl (C=O) groups is 1. The first-order valence-electron chi connectivity index (χ1n) is 6.88. The Morgan fingerprint density at radius 1 is 1.47 bits per heavy atom. The maximum Gasteiger partial charge on any atom is 0.228 e. The molecule has 4 nitrogen and oxygen atoms in total. The zero-order chi connectivity index (χ0) is 13.8. The maximum atomic E-state index is 11.3. The summed E-state index contributed by atoms with van der Waals surface area (Å²) < 4.78 is 0. The number of carbonyl (C=O) groups excluding carboxylic acids is 1. The van der Waals surface area contributed by atoms with Crippen LogP contribution in [-0.2, 0) is 17.8 Å². The van der Waals surface area contributed by atoms with Gasteiger partial charge in [-0.3, -0.25) is 4.79 Å². The molecule has 2 rings (SSSR count). The number of nitrogens with zero attached hydrogens (tertiary/aromatic N) is 1. The molecule has 1 heterocycles. The molecule has 0 spiro atoms. The van der Waals surface area contributed by atoms with Crippen LogP contribution < -0.4 is 11.1 Å². The molecule has 104 valence electrons. The lowest BCUT2D eigenvalue weighted by Crippen LogP contribution is -2.23. The van der Waals surface area contributed by atoms with E-state index in [1.165, 1.54) is 5.56 Å². The number of anilines is 1. The number of hydrogen-bond donors (Lipinski definition) is 2. The molecule has 1 unspecified atom stereocenters. The monoisotopic (exact) mass is 261 g/mol. The van der Waals surface area contributed by atoms with Gasteiger partial charge in [0.25, 0.3) is 0 Å². The summed E-state index contributed by atoms with van der Waals surface area (Å²) in [6.45, 7) is 4.90. The van der Waals surface area contributed by atoms with Crippen molar-refractivity contribution in [2.45, 2.75) is 26.3 Å². The highest BCUT2D eigenvalue weighted by atomic mass is 16.1. The third-order valence-corrected chi connectivity index (χ3v) is 3.65. The summed E-state index contributed by atoms with van der Waals surface area (Å²) in [4.78, 5) is 13.6. The Bertz CT molecular complexity index is 459. The Balaban J connectivity index is 1.89. The zero-order valence-electron chi connectivity index (χ0n) is 11.8. The predicted molar refractivity (Wildman–Crippen MR) is 77.9 cm³/mol. The van der Waals surface area contributed by atoms with E-state index >= 15 is 0 Å². The lowest BCUT2D eigenvalue weighted by Gasteiger charge is -2.19. The summed E-state index contributed by atoms with van der Waals surface area (Å²) >= 11 is 0. The minimum absolute atomic E-state index is 0.0947. The van der Waals surface area contributed by atoms with E-state index in [2.05, 4.69) is 36.3 Å². The van der Waals surface area contributed by atoms with Crippen molar-refractivity contribution in [3.63, 3.8) is 0 Å². The first-order chi connectivity index (χ1) is 9.08. The number of nitrogens with two attached hydrogens (primary N) is 1. The Morgan fingerprint density at radius 2 is 2.26 bits per heavy atom. The Labute approximate surface area is 115 Å². The minimum Gasteiger partial charge on any atom is -0.330 e. The van der Waals surface area contributed by atoms with E-state index in [4.69, 9.17) is 5.73 Å². The zero-order valence-corrected chi connectivity index (χ0v) is 11.8. The molecule has 1 atom stereocenters.